The third kappa shape index (κ3) is 7.40. The molecular weight excluding hydrogens is 524 g/mol. The molecule has 9 heteroatoms. The quantitative estimate of drug-likeness (QED) is 0.212. The van der Waals surface area contributed by atoms with Gasteiger partial charge in [0.2, 0.25) is 0 Å². The number of ketones is 1. The largest absolute Gasteiger partial charge is 0.507 e. The lowest BCUT2D eigenvalue weighted by molar-refractivity contribution is -0.140. The van der Waals surface area contributed by atoms with E-state index in [9.17, 15) is 14.7 Å². The average Bonchev–Trinajstić information content (AvgIpc) is 3.23. The van der Waals surface area contributed by atoms with E-state index >= 15 is 0 Å². The van der Waals surface area contributed by atoms with Gasteiger partial charge in [-0.1, -0.05) is 19.9 Å². The van der Waals surface area contributed by atoms with Crippen molar-refractivity contribution in [3.63, 3.8) is 0 Å². The minimum Gasteiger partial charge on any atom is -0.507 e. The number of likely N-dealkylation sites (tertiary alicyclic amines) is 1. The molecule has 2 aliphatic heterocycles. The maximum atomic E-state index is 13.5. The van der Waals surface area contributed by atoms with Gasteiger partial charge in [-0.05, 0) is 67.6 Å². The second-order valence-corrected chi connectivity index (χ2v) is 10.7. The van der Waals surface area contributed by atoms with Gasteiger partial charge in [0.15, 0.2) is 11.5 Å². The van der Waals surface area contributed by atoms with Gasteiger partial charge in [0, 0.05) is 31.7 Å². The van der Waals surface area contributed by atoms with Crippen LogP contribution in [0.4, 0.5) is 0 Å². The van der Waals surface area contributed by atoms with E-state index in [0.717, 1.165) is 26.1 Å². The van der Waals surface area contributed by atoms with E-state index < -0.39 is 17.7 Å². The zero-order valence-electron chi connectivity index (χ0n) is 24.6. The Hall–Kier alpha value is -3.56. The number of morpholine rings is 1. The number of carbonyl (C=O) groups excluding carboxylic acids is 2. The molecule has 2 aliphatic rings. The van der Waals surface area contributed by atoms with Crippen LogP contribution in [0.2, 0.25) is 0 Å². The van der Waals surface area contributed by atoms with Crippen molar-refractivity contribution in [2.24, 2.45) is 5.92 Å². The van der Waals surface area contributed by atoms with Crippen LogP contribution in [0.5, 0.6) is 17.2 Å². The summed E-state index contributed by atoms with van der Waals surface area (Å²) in [5.41, 5.74) is 1.16. The van der Waals surface area contributed by atoms with Crippen molar-refractivity contribution >= 4 is 17.4 Å². The van der Waals surface area contributed by atoms with Gasteiger partial charge < -0.3 is 29.0 Å². The van der Waals surface area contributed by atoms with Crippen LogP contribution in [0.3, 0.4) is 0 Å². The molecule has 2 heterocycles. The number of aliphatic hydroxyl groups is 1. The topological polar surface area (TPSA) is 97.8 Å². The van der Waals surface area contributed by atoms with E-state index in [4.69, 9.17) is 18.9 Å². The normalized spacial score (nSPS) is 19.1. The number of aliphatic hydroxyl groups excluding tert-OH is 1. The monoisotopic (exact) mass is 566 g/mol. The SMILES string of the molecule is CCOc1cc(C2C(=C(O)c3ccc(OC)cc3)C(=O)C(=O)N2CCCN2CCOCC2)ccc1OCCC(C)C. The molecule has 1 atom stereocenters. The average molecular weight is 567 g/mol. The number of Topliss-reactive ketones (excluding diaryl/α,β-unsaturated/α-hetero) is 1. The van der Waals surface area contributed by atoms with E-state index in [1.165, 1.54) is 0 Å². The molecule has 0 saturated carbocycles. The lowest BCUT2D eigenvalue weighted by Gasteiger charge is -2.29. The van der Waals surface area contributed by atoms with Crippen LogP contribution >= 0.6 is 0 Å². The minimum absolute atomic E-state index is 0.0578. The number of methoxy groups -OCH3 is 1. The summed E-state index contributed by atoms with van der Waals surface area (Å²) in [5, 5.41) is 11.4. The van der Waals surface area contributed by atoms with Crippen LogP contribution in [0, 0.1) is 5.92 Å². The van der Waals surface area contributed by atoms with Crippen LogP contribution in [0.1, 0.15) is 50.8 Å². The highest BCUT2D eigenvalue weighted by molar-refractivity contribution is 6.46. The number of rotatable bonds is 13. The maximum absolute atomic E-state index is 13.5. The predicted molar refractivity (Wildman–Crippen MR) is 156 cm³/mol. The Labute approximate surface area is 242 Å². The molecule has 0 aromatic heterocycles. The fourth-order valence-electron chi connectivity index (χ4n) is 5.14. The highest BCUT2D eigenvalue weighted by atomic mass is 16.5. The third-order valence-corrected chi connectivity index (χ3v) is 7.42. The number of hydrogen-bond donors (Lipinski definition) is 1. The van der Waals surface area contributed by atoms with E-state index in [-0.39, 0.29) is 11.3 Å². The van der Waals surface area contributed by atoms with Crippen molar-refractivity contribution in [3.8, 4) is 17.2 Å². The van der Waals surface area contributed by atoms with Gasteiger partial charge in [-0.25, -0.2) is 0 Å². The smallest absolute Gasteiger partial charge is 0.295 e. The molecule has 2 saturated heterocycles. The van der Waals surface area contributed by atoms with Crippen LogP contribution < -0.4 is 14.2 Å². The summed E-state index contributed by atoms with van der Waals surface area (Å²) >= 11 is 0. The molecule has 2 fully saturated rings. The molecule has 41 heavy (non-hydrogen) atoms. The zero-order valence-corrected chi connectivity index (χ0v) is 24.6. The number of hydrogen-bond acceptors (Lipinski definition) is 8. The molecule has 0 spiro atoms. The van der Waals surface area contributed by atoms with E-state index in [1.807, 2.05) is 25.1 Å². The third-order valence-electron chi connectivity index (χ3n) is 7.42. The fraction of sp³-hybridized carbons (Fsp3) is 0.500. The number of nitrogens with zero attached hydrogens (tertiary/aromatic N) is 2. The Bertz CT molecular complexity index is 1220. The lowest BCUT2D eigenvalue weighted by atomic mass is 9.95. The molecule has 1 unspecified atom stereocenters. The Morgan fingerprint density at radius 1 is 1.02 bits per heavy atom. The molecule has 1 N–H and O–H groups in total. The first kappa shape index (κ1) is 30.4. The molecule has 0 aliphatic carbocycles. The first-order valence-electron chi connectivity index (χ1n) is 14.5. The van der Waals surface area contributed by atoms with Gasteiger partial charge in [-0.15, -0.1) is 0 Å². The van der Waals surface area contributed by atoms with Crippen LogP contribution in [-0.2, 0) is 14.3 Å². The first-order valence-corrected chi connectivity index (χ1v) is 14.5. The minimum atomic E-state index is -0.772. The zero-order chi connectivity index (χ0) is 29.4. The Kier molecular flexibility index (Phi) is 10.7. The summed E-state index contributed by atoms with van der Waals surface area (Å²) in [6.07, 6.45) is 1.58. The number of ether oxygens (including phenoxy) is 4. The molecule has 0 radical (unpaired) electrons. The molecule has 9 nitrogen and oxygen atoms in total. The van der Waals surface area contributed by atoms with E-state index in [2.05, 4.69) is 18.7 Å². The summed E-state index contributed by atoms with van der Waals surface area (Å²) in [6.45, 7) is 11.4. The molecule has 2 aromatic carbocycles. The Morgan fingerprint density at radius 3 is 2.41 bits per heavy atom. The first-order chi connectivity index (χ1) is 19.8. The van der Waals surface area contributed by atoms with Crippen molar-refractivity contribution in [3.05, 3.63) is 59.2 Å². The summed E-state index contributed by atoms with van der Waals surface area (Å²) in [4.78, 5) is 30.8. The van der Waals surface area contributed by atoms with Crippen LogP contribution in [0.25, 0.3) is 5.76 Å². The van der Waals surface area contributed by atoms with Gasteiger partial charge in [-0.2, -0.15) is 0 Å². The van der Waals surface area contributed by atoms with Crippen LogP contribution in [-0.4, -0.2) is 86.3 Å². The van der Waals surface area contributed by atoms with Crippen molar-refractivity contribution in [1.29, 1.82) is 0 Å². The lowest BCUT2D eigenvalue weighted by Crippen LogP contribution is -2.39. The van der Waals surface area contributed by atoms with Crippen molar-refractivity contribution in [2.45, 2.75) is 39.7 Å². The molecular formula is C32H42N2O7. The number of amides is 1. The second-order valence-electron chi connectivity index (χ2n) is 10.7. The Balaban J connectivity index is 1.70. The van der Waals surface area contributed by atoms with Gasteiger partial charge in [0.25, 0.3) is 11.7 Å². The standard InChI is InChI=1S/C32H42N2O7/c1-5-40-27-21-24(9-12-26(27)41-18-13-22(2)3)29-28(30(35)23-7-10-25(38-4)11-8-23)31(36)32(37)34(29)15-6-14-33-16-19-39-20-17-33/h7-12,21-22,29,35H,5-6,13-20H2,1-4H3. The molecule has 0 bridgehead atoms. The van der Waals surface area contributed by atoms with Crippen LogP contribution in [0.15, 0.2) is 48.0 Å². The Morgan fingerprint density at radius 2 is 1.76 bits per heavy atom. The summed E-state index contributed by atoms with van der Waals surface area (Å²) in [5.74, 6) is 0.720. The highest BCUT2D eigenvalue weighted by Gasteiger charge is 2.46. The molecule has 1 amide bonds. The summed E-state index contributed by atoms with van der Waals surface area (Å²) < 4.78 is 22.6. The molecule has 4 rings (SSSR count). The highest BCUT2D eigenvalue weighted by Crippen LogP contribution is 2.42. The fourth-order valence-corrected chi connectivity index (χ4v) is 5.14. The summed E-state index contributed by atoms with van der Waals surface area (Å²) in [6, 6.07) is 11.5. The summed E-state index contributed by atoms with van der Waals surface area (Å²) in [7, 11) is 1.56. The van der Waals surface area contributed by atoms with E-state index in [1.54, 1.807) is 36.3 Å². The number of benzene rings is 2. The van der Waals surface area contributed by atoms with Crippen molar-refractivity contribution in [2.75, 3.05) is 59.7 Å². The molecule has 222 valence electrons. The van der Waals surface area contributed by atoms with Crippen molar-refractivity contribution in [1.82, 2.24) is 9.80 Å². The maximum Gasteiger partial charge on any atom is 0.295 e. The predicted octanol–water partition coefficient (Wildman–Crippen LogP) is 4.66. The van der Waals surface area contributed by atoms with Gasteiger partial charge in [0.1, 0.15) is 11.5 Å². The second kappa shape index (κ2) is 14.4. The molecule has 2 aromatic rings. The van der Waals surface area contributed by atoms with Crippen molar-refractivity contribution < 1.29 is 33.6 Å². The van der Waals surface area contributed by atoms with Gasteiger partial charge in [-0.3, -0.25) is 14.5 Å². The van der Waals surface area contributed by atoms with E-state index in [0.29, 0.717) is 73.7 Å². The van der Waals surface area contributed by atoms with Gasteiger partial charge >= 0.3 is 0 Å². The number of carbonyl (C=O) groups is 2. The van der Waals surface area contributed by atoms with Gasteiger partial charge in [0.05, 0.1) is 45.2 Å².